The molecule has 4 heteroatoms. The average Bonchev–Trinajstić information content (AvgIpc) is 2.90. The molecule has 0 spiro atoms. The molecular weight excluding hydrogens is 336 g/mol. The summed E-state index contributed by atoms with van der Waals surface area (Å²) in [4.78, 5) is 30.2. The highest BCUT2D eigenvalue weighted by molar-refractivity contribution is 6.12. The summed E-state index contributed by atoms with van der Waals surface area (Å²) < 4.78 is 0. The van der Waals surface area contributed by atoms with Crippen LogP contribution in [0.15, 0.2) is 59.6 Å². The number of carbonyl (C=O) groups is 2. The van der Waals surface area contributed by atoms with E-state index in [-0.39, 0.29) is 29.6 Å². The van der Waals surface area contributed by atoms with Crippen LogP contribution in [0.3, 0.4) is 0 Å². The molecule has 1 saturated heterocycles. The standard InChI is InChI=1S/C23H26N2O2/c1-15-10-12-17(13-11-15)20-18(14-19(26)16-8-6-5-7-9-16)22(27)24-21(20)25-23(2,3)4/h5-13,18,20H,14H2,1-4H3,(H,24,25,27). The first-order chi connectivity index (χ1) is 12.7. The first-order valence-corrected chi connectivity index (χ1v) is 9.30. The number of hydrogen-bond donors (Lipinski definition) is 1. The maximum Gasteiger partial charge on any atom is 0.229 e. The molecule has 4 nitrogen and oxygen atoms in total. The Hall–Kier alpha value is -2.75. The Kier molecular flexibility index (Phi) is 5.26. The van der Waals surface area contributed by atoms with E-state index in [4.69, 9.17) is 4.99 Å². The molecule has 140 valence electrons. The first kappa shape index (κ1) is 19.0. The Morgan fingerprint density at radius 3 is 2.26 bits per heavy atom. The lowest BCUT2D eigenvalue weighted by atomic mass is 9.83. The van der Waals surface area contributed by atoms with Crippen molar-refractivity contribution in [2.75, 3.05) is 0 Å². The van der Waals surface area contributed by atoms with E-state index in [1.54, 1.807) is 12.1 Å². The van der Waals surface area contributed by atoms with Gasteiger partial charge in [-0.25, -0.2) is 0 Å². The number of amidine groups is 1. The van der Waals surface area contributed by atoms with Gasteiger partial charge in [-0.2, -0.15) is 0 Å². The predicted molar refractivity (Wildman–Crippen MR) is 108 cm³/mol. The molecule has 2 aromatic carbocycles. The van der Waals surface area contributed by atoms with Crippen molar-refractivity contribution in [2.24, 2.45) is 10.9 Å². The van der Waals surface area contributed by atoms with Crippen LogP contribution in [0.25, 0.3) is 0 Å². The molecule has 27 heavy (non-hydrogen) atoms. The van der Waals surface area contributed by atoms with Crippen molar-refractivity contribution in [2.45, 2.75) is 45.6 Å². The fourth-order valence-electron chi connectivity index (χ4n) is 3.41. The normalized spacial score (nSPS) is 21.3. The first-order valence-electron chi connectivity index (χ1n) is 9.30. The van der Waals surface area contributed by atoms with Crippen molar-refractivity contribution in [3.05, 3.63) is 71.3 Å². The summed E-state index contributed by atoms with van der Waals surface area (Å²) >= 11 is 0. The summed E-state index contributed by atoms with van der Waals surface area (Å²) in [6, 6.07) is 17.3. The number of benzene rings is 2. The molecule has 1 N–H and O–H groups in total. The van der Waals surface area contributed by atoms with E-state index < -0.39 is 5.92 Å². The zero-order chi connectivity index (χ0) is 19.6. The van der Waals surface area contributed by atoms with Crippen molar-refractivity contribution in [1.29, 1.82) is 0 Å². The molecule has 0 aromatic heterocycles. The van der Waals surface area contributed by atoms with Gasteiger partial charge in [-0.3, -0.25) is 14.6 Å². The minimum Gasteiger partial charge on any atom is -0.314 e. The summed E-state index contributed by atoms with van der Waals surface area (Å²) in [6.07, 6.45) is 0.164. The molecule has 1 aliphatic rings. The number of ketones is 1. The number of amides is 1. The average molecular weight is 362 g/mol. The summed E-state index contributed by atoms with van der Waals surface area (Å²) in [5.41, 5.74) is 2.48. The second-order valence-electron chi connectivity index (χ2n) is 8.15. The minimum atomic E-state index is -0.457. The third kappa shape index (κ3) is 4.51. The number of hydrogen-bond acceptors (Lipinski definition) is 3. The number of aliphatic imine (C=N–C) groups is 1. The molecule has 0 radical (unpaired) electrons. The third-order valence-corrected chi connectivity index (χ3v) is 4.68. The monoisotopic (exact) mass is 362 g/mol. The van der Waals surface area contributed by atoms with Gasteiger partial charge in [0.15, 0.2) is 5.78 Å². The van der Waals surface area contributed by atoms with Crippen LogP contribution in [0.1, 0.15) is 54.6 Å². The zero-order valence-electron chi connectivity index (χ0n) is 16.3. The summed E-state index contributed by atoms with van der Waals surface area (Å²) in [5, 5.41) is 2.94. The molecule has 2 unspecified atom stereocenters. The Bertz CT molecular complexity index is 862. The third-order valence-electron chi connectivity index (χ3n) is 4.68. The number of nitrogens with zero attached hydrogens (tertiary/aromatic N) is 1. The van der Waals surface area contributed by atoms with Crippen molar-refractivity contribution in [1.82, 2.24) is 5.32 Å². The quantitative estimate of drug-likeness (QED) is 0.825. The van der Waals surface area contributed by atoms with Crippen LogP contribution in [0.5, 0.6) is 0 Å². The van der Waals surface area contributed by atoms with E-state index in [0.29, 0.717) is 11.4 Å². The molecular formula is C23H26N2O2. The van der Waals surface area contributed by atoms with Gasteiger partial charge in [0.25, 0.3) is 0 Å². The Balaban J connectivity index is 1.97. The van der Waals surface area contributed by atoms with Gasteiger partial charge in [0.2, 0.25) is 5.91 Å². The molecule has 0 bridgehead atoms. The number of aryl methyl sites for hydroxylation is 1. The highest BCUT2D eigenvalue weighted by Gasteiger charge is 2.42. The van der Waals surface area contributed by atoms with Crippen LogP contribution in [-0.2, 0) is 4.79 Å². The van der Waals surface area contributed by atoms with Gasteiger partial charge in [0, 0.05) is 12.0 Å². The number of carbonyl (C=O) groups excluding carboxylic acids is 2. The Morgan fingerprint density at radius 1 is 1.04 bits per heavy atom. The van der Waals surface area contributed by atoms with Crippen molar-refractivity contribution in [3.8, 4) is 0 Å². The van der Waals surface area contributed by atoms with Crippen molar-refractivity contribution in [3.63, 3.8) is 0 Å². The van der Waals surface area contributed by atoms with Crippen LogP contribution in [0, 0.1) is 12.8 Å². The van der Waals surface area contributed by atoms with E-state index in [2.05, 4.69) is 5.32 Å². The van der Waals surface area contributed by atoms with E-state index >= 15 is 0 Å². The van der Waals surface area contributed by atoms with Crippen LogP contribution >= 0.6 is 0 Å². The van der Waals surface area contributed by atoms with E-state index in [9.17, 15) is 9.59 Å². The van der Waals surface area contributed by atoms with E-state index in [1.807, 2.05) is 70.2 Å². The lowest BCUT2D eigenvalue weighted by Crippen LogP contribution is -2.26. The van der Waals surface area contributed by atoms with Crippen LogP contribution in [-0.4, -0.2) is 23.1 Å². The maximum absolute atomic E-state index is 12.7. The molecule has 1 heterocycles. The topological polar surface area (TPSA) is 58.5 Å². The Morgan fingerprint density at radius 2 is 1.67 bits per heavy atom. The second-order valence-corrected chi connectivity index (χ2v) is 8.15. The largest absolute Gasteiger partial charge is 0.314 e. The number of rotatable bonds is 4. The summed E-state index contributed by atoms with van der Waals surface area (Å²) in [6.45, 7) is 8.03. The van der Waals surface area contributed by atoms with Gasteiger partial charge in [-0.15, -0.1) is 0 Å². The van der Waals surface area contributed by atoms with E-state index in [1.165, 1.54) is 0 Å². The molecule has 1 amide bonds. The van der Waals surface area contributed by atoms with Crippen molar-refractivity contribution >= 4 is 17.5 Å². The SMILES string of the molecule is Cc1ccc(C2C(=NC(C)(C)C)NC(=O)C2CC(=O)c2ccccc2)cc1. The summed E-state index contributed by atoms with van der Waals surface area (Å²) in [5.74, 6) is -0.188. The number of nitrogens with one attached hydrogen (secondary N) is 1. The minimum absolute atomic E-state index is 0.0233. The maximum atomic E-state index is 12.7. The highest BCUT2D eigenvalue weighted by Crippen LogP contribution is 2.35. The van der Waals surface area contributed by atoms with Gasteiger partial charge in [-0.1, -0.05) is 60.2 Å². The lowest BCUT2D eigenvalue weighted by molar-refractivity contribution is -0.122. The molecule has 3 rings (SSSR count). The molecule has 1 fully saturated rings. The molecule has 1 aliphatic heterocycles. The summed E-state index contributed by atoms with van der Waals surface area (Å²) in [7, 11) is 0. The van der Waals surface area contributed by atoms with Crippen LogP contribution < -0.4 is 5.32 Å². The Labute approximate surface area is 160 Å². The van der Waals surface area contributed by atoms with Gasteiger partial charge in [0.05, 0.1) is 17.4 Å². The molecule has 2 atom stereocenters. The smallest absolute Gasteiger partial charge is 0.229 e. The highest BCUT2D eigenvalue weighted by atomic mass is 16.2. The van der Waals surface area contributed by atoms with Gasteiger partial charge in [-0.05, 0) is 33.3 Å². The fourth-order valence-corrected chi connectivity index (χ4v) is 3.41. The lowest BCUT2D eigenvalue weighted by Gasteiger charge is -2.20. The van der Waals surface area contributed by atoms with Gasteiger partial charge < -0.3 is 5.32 Å². The van der Waals surface area contributed by atoms with Gasteiger partial charge >= 0.3 is 0 Å². The van der Waals surface area contributed by atoms with E-state index in [0.717, 1.165) is 11.1 Å². The number of Topliss-reactive ketones (excluding diaryl/α,β-unsaturated/α-hetero) is 1. The predicted octanol–water partition coefficient (Wildman–Crippen LogP) is 4.29. The van der Waals surface area contributed by atoms with Crippen LogP contribution in [0.2, 0.25) is 0 Å². The molecule has 0 aliphatic carbocycles. The second kappa shape index (κ2) is 7.47. The zero-order valence-corrected chi connectivity index (χ0v) is 16.3. The fraction of sp³-hybridized carbons (Fsp3) is 0.348. The molecule has 2 aromatic rings. The molecule has 0 saturated carbocycles. The van der Waals surface area contributed by atoms with Crippen molar-refractivity contribution < 1.29 is 9.59 Å². The van der Waals surface area contributed by atoms with Crippen LogP contribution in [0.4, 0.5) is 0 Å². The van der Waals surface area contributed by atoms with Gasteiger partial charge in [0.1, 0.15) is 5.84 Å².